The Labute approximate surface area is 243 Å². The second-order valence-electron chi connectivity index (χ2n) is 11.5. The van der Waals surface area contributed by atoms with Crippen LogP contribution in [0.2, 0.25) is 0 Å². The first-order valence-electron chi connectivity index (χ1n) is 12.8. The van der Waals surface area contributed by atoms with Crippen LogP contribution in [-0.2, 0) is 47.7 Å². The molecule has 16 nitrogen and oxygen atoms in total. The predicted octanol–water partition coefficient (Wildman–Crippen LogP) is -2.68. The third-order valence-electron chi connectivity index (χ3n) is 6.83. The molecule has 6 N–H and O–H groups in total. The predicted molar refractivity (Wildman–Crippen MR) is 139 cm³/mol. The van der Waals surface area contributed by atoms with Gasteiger partial charge in [0, 0.05) is 0 Å². The van der Waals surface area contributed by atoms with E-state index in [1.165, 1.54) is 34.6 Å². The molecule has 0 bridgehead atoms. The summed E-state index contributed by atoms with van der Waals surface area (Å²) in [5.74, 6) is -5.28. The van der Waals surface area contributed by atoms with Crippen LogP contribution in [0.25, 0.3) is 0 Å². The summed E-state index contributed by atoms with van der Waals surface area (Å²) in [7, 11) is 1.03. The maximum atomic E-state index is 12.8. The lowest BCUT2D eigenvalue weighted by Gasteiger charge is -2.32. The normalized spacial score (nSPS) is 16.2. The molecular formula is C26H44O16. The number of esters is 5. The molecule has 0 rings (SSSR count). The monoisotopic (exact) mass is 612 g/mol. The molecule has 0 heterocycles. The Morgan fingerprint density at radius 1 is 0.405 bits per heavy atom. The molecule has 42 heavy (non-hydrogen) atoms. The Hall–Kier alpha value is -2.89. The average Bonchev–Trinajstić information content (AvgIpc) is 3.01. The number of rotatable bonds is 19. The topological polar surface area (TPSA) is 253 Å². The fourth-order valence-corrected chi connectivity index (χ4v) is 2.70. The standard InChI is InChI=1S/C26H44O16/c1-22(7-27,8-28)18(34)39-13-24(3,11-31)20(36)41-15-26(5,17(33)38-6)16-42-21(37)25(4,12-32)14-40-19(35)23(2,9-29)10-30/h27-32H,7-16H2,1-6H3. The molecule has 0 radical (unpaired) electrons. The van der Waals surface area contributed by atoms with Crippen LogP contribution in [0.5, 0.6) is 0 Å². The van der Waals surface area contributed by atoms with E-state index in [-0.39, 0.29) is 0 Å². The second kappa shape index (κ2) is 16.1. The van der Waals surface area contributed by atoms with Crippen LogP contribution < -0.4 is 0 Å². The van der Waals surface area contributed by atoms with Crippen molar-refractivity contribution in [2.45, 2.75) is 34.6 Å². The molecule has 0 aromatic heterocycles. The van der Waals surface area contributed by atoms with Crippen molar-refractivity contribution < 1.29 is 78.3 Å². The van der Waals surface area contributed by atoms with Crippen molar-refractivity contribution in [3.63, 3.8) is 0 Å². The smallest absolute Gasteiger partial charge is 0.318 e. The van der Waals surface area contributed by atoms with Crippen LogP contribution in [0.3, 0.4) is 0 Å². The molecule has 0 fully saturated rings. The van der Waals surface area contributed by atoms with Gasteiger partial charge in [-0.15, -0.1) is 0 Å². The van der Waals surface area contributed by atoms with E-state index < -0.39 is 123 Å². The minimum absolute atomic E-state index is 0.708. The van der Waals surface area contributed by atoms with Gasteiger partial charge in [0.05, 0.1) is 46.8 Å². The number of aliphatic hydroxyl groups is 6. The van der Waals surface area contributed by atoms with E-state index in [1.54, 1.807) is 0 Å². The largest absolute Gasteiger partial charge is 0.468 e. The molecule has 16 heteroatoms. The van der Waals surface area contributed by atoms with Crippen LogP contribution in [-0.4, -0.2) is 134 Å². The second-order valence-corrected chi connectivity index (χ2v) is 11.5. The van der Waals surface area contributed by atoms with Crippen molar-refractivity contribution in [1.82, 2.24) is 0 Å². The lowest BCUT2D eigenvalue weighted by molar-refractivity contribution is -0.181. The number of methoxy groups -OCH3 is 1. The van der Waals surface area contributed by atoms with Crippen molar-refractivity contribution in [3.05, 3.63) is 0 Å². The van der Waals surface area contributed by atoms with Gasteiger partial charge in [-0.05, 0) is 34.6 Å². The molecule has 244 valence electrons. The zero-order valence-electron chi connectivity index (χ0n) is 24.8. The maximum absolute atomic E-state index is 12.8. The van der Waals surface area contributed by atoms with E-state index in [4.69, 9.17) is 23.7 Å². The maximum Gasteiger partial charge on any atom is 0.318 e. The highest BCUT2D eigenvalue weighted by molar-refractivity contribution is 5.82. The summed E-state index contributed by atoms with van der Waals surface area (Å²) in [6, 6.07) is 0. The van der Waals surface area contributed by atoms with Gasteiger partial charge < -0.3 is 54.3 Å². The summed E-state index contributed by atoms with van der Waals surface area (Å²) in [5, 5.41) is 56.9. The fourth-order valence-electron chi connectivity index (χ4n) is 2.70. The first kappa shape index (κ1) is 39.1. The van der Waals surface area contributed by atoms with Gasteiger partial charge in [-0.2, -0.15) is 0 Å². The molecule has 0 saturated heterocycles. The Balaban J connectivity index is 5.55. The van der Waals surface area contributed by atoms with Crippen LogP contribution in [0, 0.1) is 27.1 Å². The number of carbonyl (C=O) groups is 5. The number of hydrogen-bond donors (Lipinski definition) is 6. The lowest BCUT2D eigenvalue weighted by atomic mass is 9.90. The minimum Gasteiger partial charge on any atom is -0.468 e. The number of ether oxygens (including phenoxy) is 5. The summed E-state index contributed by atoms with van der Waals surface area (Å²) in [4.78, 5) is 62.6. The van der Waals surface area contributed by atoms with Crippen LogP contribution in [0.1, 0.15) is 34.6 Å². The molecule has 0 aliphatic heterocycles. The van der Waals surface area contributed by atoms with E-state index in [1.807, 2.05) is 0 Å². The van der Waals surface area contributed by atoms with E-state index in [0.717, 1.165) is 7.11 Å². The van der Waals surface area contributed by atoms with Crippen LogP contribution in [0.15, 0.2) is 0 Å². The highest BCUT2D eigenvalue weighted by Crippen LogP contribution is 2.28. The van der Waals surface area contributed by atoms with E-state index in [2.05, 4.69) is 0 Å². The van der Waals surface area contributed by atoms with Gasteiger partial charge in [0.15, 0.2) is 0 Å². The molecule has 0 aromatic rings. The molecule has 0 aliphatic carbocycles. The zero-order valence-corrected chi connectivity index (χ0v) is 24.8. The van der Waals surface area contributed by atoms with Crippen LogP contribution in [0.4, 0.5) is 0 Å². The minimum atomic E-state index is -1.83. The van der Waals surface area contributed by atoms with Crippen molar-refractivity contribution in [1.29, 1.82) is 0 Å². The quantitative estimate of drug-likeness (QED) is 0.0642. The van der Waals surface area contributed by atoms with Crippen molar-refractivity contribution in [2.24, 2.45) is 27.1 Å². The third kappa shape index (κ3) is 9.57. The zero-order chi connectivity index (χ0) is 33.0. The molecule has 2 atom stereocenters. The van der Waals surface area contributed by atoms with E-state index in [0.29, 0.717) is 0 Å². The molecule has 0 saturated carbocycles. The Kier molecular flexibility index (Phi) is 15.0. The summed E-state index contributed by atoms with van der Waals surface area (Å²) in [6.07, 6.45) is 0. The SMILES string of the molecule is COC(=O)C(C)(COC(=O)C(C)(CO)COC(=O)C(C)(CO)CO)COC(=O)C(C)(CO)COC(=O)C(C)(CO)CO. The first-order valence-corrected chi connectivity index (χ1v) is 12.8. The van der Waals surface area contributed by atoms with Gasteiger partial charge in [-0.25, -0.2) is 0 Å². The highest BCUT2D eigenvalue weighted by atomic mass is 16.6. The molecule has 2 unspecified atom stereocenters. The van der Waals surface area contributed by atoms with Gasteiger partial charge in [0.1, 0.15) is 53.5 Å². The van der Waals surface area contributed by atoms with Gasteiger partial charge in [-0.1, -0.05) is 0 Å². The molecule has 0 spiro atoms. The summed E-state index contributed by atoms with van der Waals surface area (Å²) < 4.78 is 25.1. The Morgan fingerprint density at radius 3 is 0.833 bits per heavy atom. The third-order valence-corrected chi connectivity index (χ3v) is 6.83. The lowest BCUT2D eigenvalue weighted by Crippen LogP contribution is -2.47. The van der Waals surface area contributed by atoms with E-state index in [9.17, 15) is 54.6 Å². The highest BCUT2D eigenvalue weighted by Gasteiger charge is 2.45. The van der Waals surface area contributed by atoms with Crippen molar-refractivity contribution >= 4 is 29.8 Å². The fraction of sp³-hybridized carbons (Fsp3) is 0.808. The number of hydrogen-bond acceptors (Lipinski definition) is 16. The summed E-state index contributed by atoms with van der Waals surface area (Å²) in [6.45, 7) is -1.56. The average molecular weight is 613 g/mol. The molecule has 0 amide bonds. The van der Waals surface area contributed by atoms with Gasteiger partial charge >= 0.3 is 29.8 Å². The van der Waals surface area contributed by atoms with Crippen molar-refractivity contribution in [3.8, 4) is 0 Å². The number of aliphatic hydroxyl groups excluding tert-OH is 6. The van der Waals surface area contributed by atoms with Gasteiger partial charge in [0.25, 0.3) is 0 Å². The molecule has 0 aromatic carbocycles. The van der Waals surface area contributed by atoms with Gasteiger partial charge in [0.2, 0.25) is 0 Å². The number of carbonyl (C=O) groups excluding carboxylic acids is 5. The molecular weight excluding hydrogens is 568 g/mol. The Morgan fingerprint density at radius 2 is 0.619 bits per heavy atom. The van der Waals surface area contributed by atoms with Crippen LogP contribution >= 0.6 is 0 Å². The summed E-state index contributed by atoms with van der Waals surface area (Å²) >= 11 is 0. The van der Waals surface area contributed by atoms with E-state index >= 15 is 0 Å². The van der Waals surface area contributed by atoms with Crippen molar-refractivity contribution in [2.75, 3.05) is 73.2 Å². The Bertz CT molecular complexity index is 877. The van der Waals surface area contributed by atoms with Gasteiger partial charge in [-0.3, -0.25) is 24.0 Å². The summed E-state index contributed by atoms with van der Waals surface area (Å²) in [5.41, 5.74) is -8.78. The first-order chi connectivity index (χ1) is 19.4. The molecule has 0 aliphatic rings.